The van der Waals surface area contributed by atoms with Crippen molar-refractivity contribution in [2.75, 3.05) is 0 Å². The smallest absolute Gasteiger partial charge is 0.190 e. The van der Waals surface area contributed by atoms with Gasteiger partial charge < -0.3 is 5.73 Å². The molecule has 2 rings (SSSR count). The third kappa shape index (κ3) is 2.39. The van der Waals surface area contributed by atoms with E-state index in [1.54, 1.807) is 23.9 Å². The molecule has 8 heteroatoms. The second kappa shape index (κ2) is 5.07. The maximum atomic E-state index is 14.1. The van der Waals surface area contributed by atoms with Crippen LogP contribution in [0, 0.1) is 11.2 Å². The summed E-state index contributed by atoms with van der Waals surface area (Å²) in [5, 5.41) is 11.8. The highest BCUT2D eigenvalue weighted by Crippen LogP contribution is 2.33. The average molecular weight is 330 g/mol. The molecule has 0 atom stereocenters. The van der Waals surface area contributed by atoms with E-state index in [1.165, 1.54) is 6.33 Å². The maximum Gasteiger partial charge on any atom is 0.190 e. The van der Waals surface area contributed by atoms with Crippen LogP contribution in [0.2, 0.25) is 0 Å². The standard InChI is InChI=1S/C10H9BrFN5S/c1-17-10(15-4-16-17)18-6-3-2-5(9(13)14)7(11)8(6)12/h2-4H,1H3,(H3,13,14). The minimum atomic E-state index is -0.462. The van der Waals surface area contributed by atoms with E-state index in [9.17, 15) is 4.39 Å². The molecule has 1 aromatic heterocycles. The molecule has 0 fully saturated rings. The van der Waals surface area contributed by atoms with Gasteiger partial charge in [-0.25, -0.2) is 14.1 Å². The molecule has 1 aromatic carbocycles. The van der Waals surface area contributed by atoms with Gasteiger partial charge in [-0.3, -0.25) is 5.41 Å². The minimum Gasteiger partial charge on any atom is -0.384 e. The van der Waals surface area contributed by atoms with Gasteiger partial charge in [-0.2, -0.15) is 5.10 Å². The second-order valence-corrected chi connectivity index (χ2v) is 5.22. The summed E-state index contributed by atoms with van der Waals surface area (Å²) in [5.74, 6) is -0.647. The zero-order chi connectivity index (χ0) is 13.3. The number of aryl methyl sites for hydroxylation is 1. The lowest BCUT2D eigenvalue weighted by atomic mass is 10.2. The highest BCUT2D eigenvalue weighted by Gasteiger charge is 2.15. The van der Waals surface area contributed by atoms with Crippen LogP contribution in [-0.4, -0.2) is 20.6 Å². The van der Waals surface area contributed by atoms with E-state index in [-0.39, 0.29) is 10.3 Å². The summed E-state index contributed by atoms with van der Waals surface area (Å²) in [4.78, 5) is 4.40. The van der Waals surface area contributed by atoms with Crippen molar-refractivity contribution in [3.63, 3.8) is 0 Å². The number of nitrogens with two attached hydrogens (primary N) is 1. The molecular weight excluding hydrogens is 321 g/mol. The summed E-state index contributed by atoms with van der Waals surface area (Å²) in [6, 6.07) is 3.16. The lowest BCUT2D eigenvalue weighted by molar-refractivity contribution is 0.593. The highest BCUT2D eigenvalue weighted by molar-refractivity contribution is 9.10. The van der Waals surface area contributed by atoms with E-state index in [2.05, 4.69) is 26.0 Å². The molecule has 0 aliphatic heterocycles. The summed E-state index contributed by atoms with van der Waals surface area (Å²) >= 11 is 4.26. The number of hydrogen-bond donors (Lipinski definition) is 2. The molecule has 1 heterocycles. The van der Waals surface area contributed by atoms with Crippen molar-refractivity contribution in [1.82, 2.24) is 14.8 Å². The third-order valence-corrected chi connectivity index (χ3v) is 4.07. The van der Waals surface area contributed by atoms with Crippen LogP contribution in [0.25, 0.3) is 0 Å². The van der Waals surface area contributed by atoms with Gasteiger partial charge in [0.05, 0.1) is 9.37 Å². The Labute approximate surface area is 115 Å². The lowest BCUT2D eigenvalue weighted by Gasteiger charge is -2.07. The Morgan fingerprint density at radius 2 is 2.28 bits per heavy atom. The highest BCUT2D eigenvalue weighted by atomic mass is 79.9. The molecule has 0 spiro atoms. The Morgan fingerprint density at radius 1 is 1.56 bits per heavy atom. The predicted octanol–water partition coefficient (Wildman–Crippen LogP) is 2.15. The number of aromatic nitrogens is 3. The molecule has 0 aliphatic carbocycles. The first kappa shape index (κ1) is 13.0. The molecule has 3 N–H and O–H groups in total. The molecule has 0 radical (unpaired) electrons. The van der Waals surface area contributed by atoms with Gasteiger partial charge in [-0.05, 0) is 39.8 Å². The second-order valence-electron chi connectivity index (χ2n) is 3.42. The Hall–Kier alpha value is -1.41. The predicted molar refractivity (Wildman–Crippen MR) is 70.2 cm³/mol. The van der Waals surface area contributed by atoms with Gasteiger partial charge in [0.15, 0.2) is 11.0 Å². The molecule has 0 aliphatic rings. The van der Waals surface area contributed by atoms with Crippen LogP contribution in [0.4, 0.5) is 4.39 Å². The number of nitrogen functional groups attached to an aromatic ring is 1. The summed E-state index contributed by atoms with van der Waals surface area (Å²) in [6.07, 6.45) is 1.40. The van der Waals surface area contributed by atoms with Crippen LogP contribution in [0.1, 0.15) is 5.56 Å². The molecule has 18 heavy (non-hydrogen) atoms. The van der Waals surface area contributed by atoms with Crippen LogP contribution in [-0.2, 0) is 7.05 Å². The normalized spacial score (nSPS) is 10.6. The number of amidine groups is 1. The first-order valence-electron chi connectivity index (χ1n) is 4.85. The van der Waals surface area contributed by atoms with Crippen molar-refractivity contribution in [2.45, 2.75) is 10.1 Å². The molecule has 94 valence electrons. The van der Waals surface area contributed by atoms with Gasteiger partial charge in [0.1, 0.15) is 12.2 Å². The maximum absolute atomic E-state index is 14.1. The van der Waals surface area contributed by atoms with Gasteiger partial charge in [0.2, 0.25) is 0 Å². The largest absolute Gasteiger partial charge is 0.384 e. The van der Waals surface area contributed by atoms with E-state index in [1.807, 2.05) is 0 Å². The fourth-order valence-electron chi connectivity index (χ4n) is 1.29. The van der Waals surface area contributed by atoms with Crippen molar-refractivity contribution < 1.29 is 4.39 Å². The quantitative estimate of drug-likeness (QED) is 0.667. The number of nitrogens with zero attached hydrogens (tertiary/aromatic N) is 3. The van der Waals surface area contributed by atoms with Crippen LogP contribution < -0.4 is 5.73 Å². The lowest BCUT2D eigenvalue weighted by Crippen LogP contribution is -2.12. The van der Waals surface area contributed by atoms with E-state index in [4.69, 9.17) is 11.1 Å². The van der Waals surface area contributed by atoms with Gasteiger partial charge in [-0.15, -0.1) is 0 Å². The van der Waals surface area contributed by atoms with Crippen LogP contribution in [0.15, 0.2) is 33.0 Å². The number of rotatable bonds is 3. The molecule has 0 amide bonds. The summed E-state index contributed by atoms with van der Waals surface area (Å²) in [7, 11) is 1.73. The Morgan fingerprint density at radius 3 is 2.83 bits per heavy atom. The van der Waals surface area contributed by atoms with Crippen molar-refractivity contribution in [3.05, 3.63) is 34.3 Å². The molecule has 0 bridgehead atoms. The van der Waals surface area contributed by atoms with Gasteiger partial charge in [-0.1, -0.05) is 0 Å². The summed E-state index contributed by atoms with van der Waals surface area (Å²) in [5.41, 5.74) is 5.68. The number of halogens is 2. The van der Waals surface area contributed by atoms with Crippen molar-refractivity contribution in [2.24, 2.45) is 12.8 Å². The van der Waals surface area contributed by atoms with Crippen molar-refractivity contribution >= 4 is 33.5 Å². The van der Waals surface area contributed by atoms with Gasteiger partial charge >= 0.3 is 0 Å². The zero-order valence-corrected chi connectivity index (χ0v) is 11.7. The Balaban J connectivity index is 2.39. The zero-order valence-electron chi connectivity index (χ0n) is 9.32. The van der Waals surface area contributed by atoms with E-state index >= 15 is 0 Å². The average Bonchev–Trinajstić information content (AvgIpc) is 2.70. The number of benzene rings is 1. The van der Waals surface area contributed by atoms with Gasteiger partial charge in [0.25, 0.3) is 0 Å². The first-order valence-corrected chi connectivity index (χ1v) is 6.46. The van der Waals surface area contributed by atoms with E-state index in [0.29, 0.717) is 15.6 Å². The Bertz CT molecular complexity index is 612. The number of hydrogen-bond acceptors (Lipinski definition) is 4. The molecule has 0 unspecified atom stereocenters. The van der Waals surface area contributed by atoms with Gasteiger partial charge in [0, 0.05) is 12.6 Å². The minimum absolute atomic E-state index is 0.183. The Kier molecular flexibility index (Phi) is 3.67. The summed E-state index contributed by atoms with van der Waals surface area (Å²) in [6.45, 7) is 0. The van der Waals surface area contributed by atoms with E-state index < -0.39 is 5.82 Å². The fourth-order valence-corrected chi connectivity index (χ4v) is 2.79. The fraction of sp³-hybridized carbons (Fsp3) is 0.100. The third-order valence-electron chi connectivity index (χ3n) is 2.21. The van der Waals surface area contributed by atoms with E-state index in [0.717, 1.165) is 11.8 Å². The molecule has 0 saturated heterocycles. The molecule has 5 nitrogen and oxygen atoms in total. The van der Waals surface area contributed by atoms with Crippen LogP contribution >= 0.6 is 27.7 Å². The van der Waals surface area contributed by atoms with Crippen LogP contribution in [0.5, 0.6) is 0 Å². The molecule has 0 saturated carbocycles. The topological polar surface area (TPSA) is 80.6 Å². The SMILES string of the molecule is Cn1ncnc1Sc1ccc(C(=N)N)c(Br)c1F. The van der Waals surface area contributed by atoms with Crippen molar-refractivity contribution in [1.29, 1.82) is 5.41 Å². The monoisotopic (exact) mass is 329 g/mol. The molecular formula is C10H9BrFN5S. The van der Waals surface area contributed by atoms with Crippen molar-refractivity contribution in [3.8, 4) is 0 Å². The first-order chi connectivity index (χ1) is 8.50. The van der Waals surface area contributed by atoms with Crippen LogP contribution in [0.3, 0.4) is 0 Å². The number of nitrogens with one attached hydrogen (secondary N) is 1. The summed E-state index contributed by atoms with van der Waals surface area (Å²) < 4.78 is 15.8. The molecule has 2 aromatic rings.